The van der Waals surface area contributed by atoms with Crippen LogP contribution < -0.4 is 0 Å². The Balaban J connectivity index is 4.10. The molecule has 0 N–H and O–H groups in total. The van der Waals surface area contributed by atoms with Gasteiger partial charge >= 0.3 is 0 Å². The fourth-order valence-electron chi connectivity index (χ4n) is 0.601. The van der Waals surface area contributed by atoms with Crippen molar-refractivity contribution in [2.24, 2.45) is 0 Å². The molecule has 0 atom stereocenters. The van der Waals surface area contributed by atoms with Gasteiger partial charge in [-0.15, -0.1) is 10.1 Å². The fourth-order valence-corrected chi connectivity index (χ4v) is 0.601. The van der Waals surface area contributed by atoms with Gasteiger partial charge in [0.1, 0.15) is 6.61 Å². The van der Waals surface area contributed by atoms with Crippen molar-refractivity contribution in [2.75, 3.05) is 13.2 Å². The zero-order valence-electron chi connectivity index (χ0n) is 7.35. The van der Waals surface area contributed by atoms with E-state index in [2.05, 4.69) is 4.84 Å². The number of rotatable bonds is 5. The summed E-state index contributed by atoms with van der Waals surface area (Å²) >= 11 is 0. The van der Waals surface area contributed by atoms with Crippen LogP contribution in [-0.2, 0) is 4.84 Å². The van der Waals surface area contributed by atoms with Gasteiger partial charge in [0.25, 0.3) is 5.09 Å². The van der Waals surface area contributed by atoms with E-state index in [1.807, 2.05) is 0 Å². The van der Waals surface area contributed by atoms with E-state index in [1.54, 1.807) is 13.8 Å². The Kier molecular flexibility index (Phi) is 4.42. The van der Waals surface area contributed by atoms with E-state index < -0.39 is 10.0 Å². The van der Waals surface area contributed by atoms with Gasteiger partial charge in [0.2, 0.25) is 6.54 Å². The Morgan fingerprint density at radius 2 is 1.77 bits per heavy atom. The lowest BCUT2D eigenvalue weighted by atomic mass is 10.2. The van der Waals surface area contributed by atoms with Crippen molar-refractivity contribution in [3.05, 3.63) is 31.4 Å². The Labute approximate surface area is 74.2 Å². The molecule has 0 aromatic carbocycles. The van der Waals surface area contributed by atoms with Gasteiger partial charge in [0.15, 0.2) is 0 Å². The molecule has 0 bridgehead atoms. The van der Waals surface area contributed by atoms with Gasteiger partial charge < -0.3 is 4.84 Å². The van der Waals surface area contributed by atoms with Crippen LogP contribution in [0.4, 0.5) is 0 Å². The van der Waals surface area contributed by atoms with E-state index >= 15 is 0 Å². The lowest BCUT2D eigenvalue weighted by Crippen LogP contribution is -2.08. The van der Waals surface area contributed by atoms with Gasteiger partial charge in [0, 0.05) is 4.92 Å². The summed E-state index contributed by atoms with van der Waals surface area (Å²) in [4.78, 5) is 23.4. The van der Waals surface area contributed by atoms with Gasteiger partial charge in [-0.2, -0.15) is 0 Å². The normalized spacial score (nSPS) is 11.8. The molecule has 0 unspecified atom stereocenters. The molecule has 0 saturated carbocycles. The van der Waals surface area contributed by atoms with Crippen molar-refractivity contribution in [1.82, 2.24) is 0 Å². The van der Waals surface area contributed by atoms with E-state index in [0.717, 1.165) is 0 Å². The van der Waals surface area contributed by atoms with E-state index in [1.165, 1.54) is 0 Å². The Hall–Kier alpha value is -1.66. The van der Waals surface area contributed by atoms with Crippen LogP contribution in [-0.4, -0.2) is 23.2 Å². The van der Waals surface area contributed by atoms with Crippen molar-refractivity contribution >= 4 is 0 Å². The van der Waals surface area contributed by atoms with Crippen LogP contribution in [0, 0.1) is 20.2 Å². The van der Waals surface area contributed by atoms with Crippen LogP contribution in [0.25, 0.3) is 0 Å². The van der Waals surface area contributed by atoms with E-state index in [0.29, 0.717) is 11.1 Å². The molecule has 0 aromatic rings. The SMILES string of the molecule is C/C(CO[N+](=O)[O-])=C(\C)C[N+](=O)[O-]. The van der Waals surface area contributed by atoms with Gasteiger partial charge in [-0.25, -0.2) is 0 Å². The molecule has 0 aliphatic carbocycles. The minimum Gasteiger partial charge on any atom is -0.309 e. The first kappa shape index (κ1) is 11.3. The van der Waals surface area contributed by atoms with Crippen LogP contribution in [0.1, 0.15) is 13.8 Å². The highest BCUT2D eigenvalue weighted by atomic mass is 16.9. The Bertz CT molecular complexity index is 247. The predicted octanol–water partition coefficient (Wildman–Crippen LogP) is 0.808. The zero-order chi connectivity index (χ0) is 10.4. The molecular weight excluding hydrogens is 180 g/mol. The van der Waals surface area contributed by atoms with Crippen LogP contribution >= 0.6 is 0 Å². The highest BCUT2D eigenvalue weighted by molar-refractivity contribution is 5.09. The number of hydrogen-bond donors (Lipinski definition) is 0. The highest BCUT2D eigenvalue weighted by Crippen LogP contribution is 2.03. The summed E-state index contributed by atoms with van der Waals surface area (Å²) in [6.07, 6.45) is 0. The van der Waals surface area contributed by atoms with Crippen molar-refractivity contribution < 1.29 is 14.8 Å². The molecular formula is C6H10N2O5. The second kappa shape index (κ2) is 5.07. The van der Waals surface area contributed by atoms with E-state index in [9.17, 15) is 20.2 Å². The summed E-state index contributed by atoms with van der Waals surface area (Å²) in [5.74, 6) is 0. The summed E-state index contributed by atoms with van der Waals surface area (Å²) in [5, 5.41) is 18.9. The van der Waals surface area contributed by atoms with Crippen molar-refractivity contribution in [2.45, 2.75) is 13.8 Å². The average molecular weight is 190 g/mol. The molecule has 0 aliphatic heterocycles. The molecule has 7 nitrogen and oxygen atoms in total. The molecule has 13 heavy (non-hydrogen) atoms. The van der Waals surface area contributed by atoms with E-state index in [-0.39, 0.29) is 13.2 Å². The van der Waals surface area contributed by atoms with Crippen LogP contribution in [0.3, 0.4) is 0 Å². The third-order valence-corrected chi connectivity index (χ3v) is 1.48. The summed E-state index contributed by atoms with van der Waals surface area (Å²) < 4.78 is 0. The third-order valence-electron chi connectivity index (χ3n) is 1.48. The zero-order valence-corrected chi connectivity index (χ0v) is 7.35. The van der Waals surface area contributed by atoms with E-state index in [4.69, 9.17) is 0 Å². The largest absolute Gasteiger partial charge is 0.309 e. The van der Waals surface area contributed by atoms with Crippen LogP contribution in [0.15, 0.2) is 11.1 Å². The highest BCUT2D eigenvalue weighted by Gasteiger charge is 2.05. The molecule has 0 rings (SSSR count). The molecule has 74 valence electrons. The van der Waals surface area contributed by atoms with Crippen molar-refractivity contribution in [3.63, 3.8) is 0 Å². The Morgan fingerprint density at radius 1 is 1.23 bits per heavy atom. The van der Waals surface area contributed by atoms with Gasteiger partial charge in [-0.1, -0.05) is 0 Å². The lowest BCUT2D eigenvalue weighted by molar-refractivity contribution is -0.755. The van der Waals surface area contributed by atoms with Crippen molar-refractivity contribution in [1.29, 1.82) is 0 Å². The molecule has 0 aliphatic rings. The first-order valence-electron chi connectivity index (χ1n) is 3.47. The summed E-state index contributed by atoms with van der Waals surface area (Å²) in [5.41, 5.74) is 0.986. The maximum absolute atomic E-state index is 10.0. The quantitative estimate of drug-likeness (QED) is 0.363. The maximum atomic E-state index is 10.0. The van der Waals surface area contributed by atoms with Gasteiger partial charge in [-0.05, 0) is 25.0 Å². The second-order valence-corrected chi connectivity index (χ2v) is 2.55. The number of hydrogen-bond acceptors (Lipinski definition) is 5. The maximum Gasteiger partial charge on any atom is 0.294 e. The summed E-state index contributed by atoms with van der Waals surface area (Å²) in [7, 11) is 0. The topological polar surface area (TPSA) is 95.5 Å². The third kappa shape index (κ3) is 5.59. The smallest absolute Gasteiger partial charge is 0.294 e. The molecule has 0 fully saturated rings. The fraction of sp³-hybridized carbons (Fsp3) is 0.667. The standard InChI is InChI=1S/C6H10N2O5/c1-5(3-7(9)10)6(2)4-13-8(11)12/h3-4H2,1-2H3/b6-5-. The Morgan fingerprint density at radius 3 is 2.15 bits per heavy atom. The predicted molar refractivity (Wildman–Crippen MR) is 43.2 cm³/mol. The minimum atomic E-state index is -0.928. The first-order valence-corrected chi connectivity index (χ1v) is 3.47. The number of nitro groups is 1. The monoisotopic (exact) mass is 190 g/mol. The molecule has 7 heteroatoms. The van der Waals surface area contributed by atoms with Gasteiger partial charge in [0.05, 0.1) is 0 Å². The van der Waals surface area contributed by atoms with Gasteiger partial charge in [-0.3, -0.25) is 10.1 Å². The van der Waals surface area contributed by atoms with Crippen LogP contribution in [0.5, 0.6) is 0 Å². The average Bonchev–Trinajstić information content (AvgIpc) is 1.98. The summed E-state index contributed by atoms with van der Waals surface area (Å²) in [6.45, 7) is 2.57. The lowest BCUT2D eigenvalue weighted by Gasteiger charge is -2.02. The molecule has 0 radical (unpaired) electrons. The molecule has 0 aromatic heterocycles. The molecule has 0 spiro atoms. The summed E-state index contributed by atoms with van der Waals surface area (Å²) in [6, 6.07) is 0. The molecule has 0 amide bonds. The first-order chi connectivity index (χ1) is 5.93. The van der Waals surface area contributed by atoms with Crippen molar-refractivity contribution in [3.8, 4) is 0 Å². The second-order valence-electron chi connectivity index (χ2n) is 2.55. The molecule has 0 saturated heterocycles. The molecule has 0 heterocycles. The number of nitrogens with zero attached hydrogens (tertiary/aromatic N) is 2. The van der Waals surface area contributed by atoms with Crippen LogP contribution in [0.2, 0.25) is 0 Å². The minimum absolute atomic E-state index is 0.216.